The minimum Gasteiger partial charge on any atom is -0.496 e. The van der Waals surface area contributed by atoms with Crippen molar-refractivity contribution >= 4 is 17.5 Å². The second-order valence-corrected chi connectivity index (χ2v) is 5.88. The molecule has 25 heavy (non-hydrogen) atoms. The van der Waals surface area contributed by atoms with Crippen LogP contribution < -0.4 is 15.4 Å². The first-order valence-electron chi connectivity index (χ1n) is 8.19. The number of para-hydroxylation sites is 1. The van der Waals surface area contributed by atoms with Crippen LogP contribution in [-0.2, 0) is 6.54 Å². The van der Waals surface area contributed by atoms with Crippen molar-refractivity contribution in [3.63, 3.8) is 0 Å². The molecule has 3 rings (SSSR count). The van der Waals surface area contributed by atoms with Crippen LogP contribution in [0.3, 0.4) is 0 Å². The lowest BCUT2D eigenvalue weighted by atomic mass is 10.2. The summed E-state index contributed by atoms with van der Waals surface area (Å²) in [5, 5.41) is 6.60. The molecule has 0 bridgehead atoms. The van der Waals surface area contributed by atoms with Gasteiger partial charge in [0.1, 0.15) is 11.6 Å². The predicted octanol–water partition coefficient (Wildman–Crippen LogP) is 4.46. The Balaban J connectivity index is 1.75. The zero-order valence-corrected chi connectivity index (χ0v) is 14.7. The van der Waals surface area contributed by atoms with Crippen molar-refractivity contribution in [3.8, 4) is 5.75 Å². The third kappa shape index (κ3) is 4.47. The van der Waals surface area contributed by atoms with E-state index in [2.05, 4.69) is 39.7 Å². The summed E-state index contributed by atoms with van der Waals surface area (Å²) in [4.78, 5) is 9.02. The molecule has 0 atom stereocenters. The number of hydrogen-bond donors (Lipinski definition) is 2. The van der Waals surface area contributed by atoms with Crippen LogP contribution in [0.15, 0.2) is 54.6 Å². The van der Waals surface area contributed by atoms with Gasteiger partial charge in [0.2, 0.25) is 5.95 Å². The van der Waals surface area contributed by atoms with Gasteiger partial charge in [0.05, 0.1) is 7.11 Å². The van der Waals surface area contributed by atoms with Crippen molar-refractivity contribution in [2.45, 2.75) is 20.4 Å². The maximum atomic E-state index is 5.39. The normalized spacial score (nSPS) is 10.4. The Morgan fingerprint density at radius 1 is 0.960 bits per heavy atom. The number of aromatic nitrogens is 2. The van der Waals surface area contributed by atoms with Gasteiger partial charge in [-0.2, -0.15) is 4.98 Å². The maximum absolute atomic E-state index is 5.39. The average molecular weight is 334 g/mol. The number of aryl methyl sites for hydroxylation is 2. The van der Waals surface area contributed by atoms with Gasteiger partial charge in [-0.05, 0) is 37.6 Å². The van der Waals surface area contributed by atoms with E-state index in [1.54, 1.807) is 7.11 Å². The molecule has 5 nitrogen and oxygen atoms in total. The van der Waals surface area contributed by atoms with Gasteiger partial charge in [0.15, 0.2) is 0 Å². The summed E-state index contributed by atoms with van der Waals surface area (Å²) >= 11 is 0. The molecule has 0 saturated heterocycles. The Kier molecular flexibility index (Phi) is 5.14. The van der Waals surface area contributed by atoms with Crippen molar-refractivity contribution in [1.82, 2.24) is 9.97 Å². The Hall–Kier alpha value is -3.08. The first-order chi connectivity index (χ1) is 12.1. The Bertz CT molecular complexity index is 864. The van der Waals surface area contributed by atoms with E-state index >= 15 is 0 Å². The Labute approximate surface area is 148 Å². The summed E-state index contributed by atoms with van der Waals surface area (Å²) in [6.07, 6.45) is 0. The van der Waals surface area contributed by atoms with Gasteiger partial charge in [-0.25, -0.2) is 4.98 Å². The minimum absolute atomic E-state index is 0.577. The maximum Gasteiger partial charge on any atom is 0.229 e. The lowest BCUT2D eigenvalue weighted by molar-refractivity contribution is 0.410. The molecule has 0 fully saturated rings. The zero-order chi connectivity index (χ0) is 17.6. The fraction of sp³-hybridized carbons (Fsp3) is 0.200. The van der Waals surface area contributed by atoms with Crippen LogP contribution in [0.1, 0.15) is 16.8 Å². The molecule has 0 unspecified atom stereocenters. The van der Waals surface area contributed by atoms with Gasteiger partial charge in [0, 0.05) is 29.6 Å². The summed E-state index contributed by atoms with van der Waals surface area (Å²) in [6, 6.07) is 18.0. The van der Waals surface area contributed by atoms with Crippen LogP contribution in [0.5, 0.6) is 5.75 Å². The Morgan fingerprint density at radius 3 is 2.60 bits per heavy atom. The monoisotopic (exact) mass is 334 g/mol. The van der Waals surface area contributed by atoms with Crippen molar-refractivity contribution in [2.75, 3.05) is 17.7 Å². The Morgan fingerprint density at radius 2 is 1.80 bits per heavy atom. The molecular formula is C20H22N4O. The molecule has 0 aliphatic heterocycles. The molecule has 0 aliphatic rings. The summed E-state index contributed by atoms with van der Waals surface area (Å²) in [5.41, 5.74) is 4.13. The van der Waals surface area contributed by atoms with Crippen molar-refractivity contribution in [2.24, 2.45) is 0 Å². The first kappa shape index (κ1) is 16.8. The second kappa shape index (κ2) is 7.66. The molecule has 5 heteroatoms. The minimum atomic E-state index is 0.577. The van der Waals surface area contributed by atoms with E-state index < -0.39 is 0 Å². The van der Waals surface area contributed by atoms with Crippen LogP contribution in [0.25, 0.3) is 0 Å². The van der Waals surface area contributed by atoms with Crippen LogP contribution in [0.4, 0.5) is 17.5 Å². The average Bonchev–Trinajstić information content (AvgIpc) is 2.60. The van der Waals surface area contributed by atoms with Gasteiger partial charge < -0.3 is 15.4 Å². The number of benzene rings is 2. The largest absolute Gasteiger partial charge is 0.496 e. The lowest BCUT2D eigenvalue weighted by Crippen LogP contribution is -2.06. The number of methoxy groups -OCH3 is 1. The van der Waals surface area contributed by atoms with E-state index in [9.17, 15) is 0 Å². The third-order valence-corrected chi connectivity index (χ3v) is 3.78. The molecule has 1 aromatic heterocycles. The SMILES string of the molecule is COc1ccccc1CNc1cc(C)nc(Nc2cccc(C)c2)n1. The number of ether oxygens (including phenoxy) is 1. The quantitative estimate of drug-likeness (QED) is 0.697. The molecule has 2 aromatic carbocycles. The van der Waals surface area contributed by atoms with E-state index in [1.807, 2.05) is 49.4 Å². The molecule has 0 aliphatic carbocycles. The number of anilines is 3. The smallest absolute Gasteiger partial charge is 0.229 e. The zero-order valence-electron chi connectivity index (χ0n) is 14.7. The van der Waals surface area contributed by atoms with Crippen LogP contribution in [0, 0.1) is 13.8 Å². The highest BCUT2D eigenvalue weighted by Gasteiger charge is 2.05. The topological polar surface area (TPSA) is 59.1 Å². The lowest BCUT2D eigenvalue weighted by Gasteiger charge is -2.12. The number of rotatable bonds is 6. The van der Waals surface area contributed by atoms with Gasteiger partial charge in [-0.3, -0.25) is 0 Å². The summed E-state index contributed by atoms with van der Waals surface area (Å²) in [6.45, 7) is 4.64. The molecule has 0 radical (unpaired) electrons. The second-order valence-electron chi connectivity index (χ2n) is 5.88. The molecule has 1 heterocycles. The van der Waals surface area contributed by atoms with Gasteiger partial charge in [-0.1, -0.05) is 30.3 Å². The standard InChI is InChI=1S/C20H22N4O/c1-14-7-6-9-17(11-14)23-20-22-15(2)12-19(24-20)21-13-16-8-4-5-10-18(16)25-3/h4-12H,13H2,1-3H3,(H2,21,22,23,24). The number of hydrogen-bond acceptors (Lipinski definition) is 5. The third-order valence-electron chi connectivity index (χ3n) is 3.78. The van der Waals surface area contributed by atoms with Gasteiger partial charge in [-0.15, -0.1) is 0 Å². The van der Waals surface area contributed by atoms with Crippen LogP contribution >= 0.6 is 0 Å². The summed E-state index contributed by atoms with van der Waals surface area (Å²) < 4.78 is 5.39. The van der Waals surface area contributed by atoms with Crippen molar-refractivity contribution in [1.29, 1.82) is 0 Å². The summed E-state index contributed by atoms with van der Waals surface area (Å²) in [7, 11) is 1.68. The molecular weight excluding hydrogens is 312 g/mol. The first-order valence-corrected chi connectivity index (χ1v) is 8.19. The van der Waals surface area contributed by atoms with Crippen molar-refractivity contribution < 1.29 is 4.74 Å². The van der Waals surface area contributed by atoms with E-state index in [0.29, 0.717) is 12.5 Å². The highest BCUT2D eigenvalue weighted by Crippen LogP contribution is 2.20. The van der Waals surface area contributed by atoms with E-state index in [4.69, 9.17) is 4.74 Å². The molecule has 3 aromatic rings. The van der Waals surface area contributed by atoms with Crippen LogP contribution in [0.2, 0.25) is 0 Å². The van der Waals surface area contributed by atoms with E-state index in [0.717, 1.165) is 28.5 Å². The van der Waals surface area contributed by atoms with Crippen LogP contribution in [-0.4, -0.2) is 17.1 Å². The van der Waals surface area contributed by atoms with E-state index in [-0.39, 0.29) is 0 Å². The highest BCUT2D eigenvalue weighted by atomic mass is 16.5. The van der Waals surface area contributed by atoms with Gasteiger partial charge >= 0.3 is 0 Å². The molecule has 2 N–H and O–H groups in total. The number of nitrogens with one attached hydrogen (secondary N) is 2. The predicted molar refractivity (Wildman–Crippen MR) is 102 cm³/mol. The fourth-order valence-electron chi connectivity index (χ4n) is 2.60. The van der Waals surface area contributed by atoms with Crippen molar-refractivity contribution in [3.05, 3.63) is 71.4 Å². The fourth-order valence-corrected chi connectivity index (χ4v) is 2.60. The van der Waals surface area contributed by atoms with Gasteiger partial charge in [0.25, 0.3) is 0 Å². The molecule has 128 valence electrons. The van der Waals surface area contributed by atoms with E-state index in [1.165, 1.54) is 5.56 Å². The molecule has 0 saturated carbocycles. The molecule has 0 spiro atoms. The number of nitrogens with zero attached hydrogens (tertiary/aromatic N) is 2. The summed E-state index contributed by atoms with van der Waals surface area (Å²) in [5.74, 6) is 2.21. The molecule has 0 amide bonds. The highest BCUT2D eigenvalue weighted by molar-refractivity contribution is 5.56.